The Morgan fingerprint density at radius 1 is 1.43 bits per heavy atom. The number of benzene rings is 1. The fraction of sp³-hybridized carbons (Fsp3) is 0.455. The molecule has 30 heavy (non-hydrogen) atoms. The fourth-order valence-electron chi connectivity index (χ4n) is 3.60. The molecule has 8 heteroatoms. The molecule has 2 aromatic rings. The Balaban J connectivity index is 1.83. The summed E-state index contributed by atoms with van der Waals surface area (Å²) in [6.45, 7) is 9.04. The van der Waals surface area contributed by atoms with E-state index in [1.165, 1.54) is 0 Å². The van der Waals surface area contributed by atoms with E-state index in [9.17, 15) is 4.79 Å². The molecule has 3 N–H and O–H groups in total. The largest absolute Gasteiger partial charge is 0.492 e. The minimum Gasteiger partial charge on any atom is -0.492 e. The minimum absolute atomic E-state index is 0.221. The number of halogens is 1. The maximum absolute atomic E-state index is 11.8. The number of amides is 1. The van der Waals surface area contributed by atoms with Crippen LogP contribution in [0.15, 0.2) is 24.4 Å². The average molecular weight is 434 g/mol. The number of hydrogen-bond acceptors (Lipinski definition) is 6. The van der Waals surface area contributed by atoms with Gasteiger partial charge >= 0.3 is 6.09 Å². The molecule has 0 bridgehead atoms. The van der Waals surface area contributed by atoms with Gasteiger partial charge in [-0.15, -0.1) is 0 Å². The van der Waals surface area contributed by atoms with Crippen molar-refractivity contribution in [3.05, 3.63) is 35.0 Å². The molecule has 1 aromatic carbocycles. The summed E-state index contributed by atoms with van der Waals surface area (Å²) in [4.78, 5) is 15.9. The van der Waals surface area contributed by atoms with Crippen LogP contribution in [0.5, 0.6) is 11.5 Å². The summed E-state index contributed by atoms with van der Waals surface area (Å²) in [5.74, 6) is 1.99. The number of nitrogens with one attached hydrogen (secondary N) is 1. The third kappa shape index (κ3) is 5.15. The van der Waals surface area contributed by atoms with Crippen LogP contribution in [0.2, 0.25) is 5.02 Å². The summed E-state index contributed by atoms with van der Waals surface area (Å²) in [5.41, 5.74) is 8.45. The summed E-state index contributed by atoms with van der Waals surface area (Å²) in [6.07, 6.45) is 1.80. The van der Waals surface area contributed by atoms with Crippen LogP contribution in [-0.4, -0.2) is 29.8 Å². The Labute approximate surface area is 181 Å². The third-order valence-electron chi connectivity index (χ3n) is 4.65. The van der Waals surface area contributed by atoms with Gasteiger partial charge in [-0.25, -0.2) is 9.78 Å². The zero-order valence-corrected chi connectivity index (χ0v) is 18.5. The van der Waals surface area contributed by atoms with Gasteiger partial charge in [0.1, 0.15) is 24.7 Å². The summed E-state index contributed by atoms with van der Waals surface area (Å²) in [7, 11) is 0. The summed E-state index contributed by atoms with van der Waals surface area (Å²) in [6, 6.07) is 5.75. The van der Waals surface area contributed by atoms with E-state index in [1.807, 2.05) is 25.1 Å². The van der Waals surface area contributed by atoms with E-state index in [2.05, 4.69) is 24.1 Å². The van der Waals surface area contributed by atoms with Gasteiger partial charge in [-0.3, -0.25) is 5.32 Å². The van der Waals surface area contributed by atoms with Crippen LogP contribution in [0.25, 0.3) is 11.1 Å². The summed E-state index contributed by atoms with van der Waals surface area (Å²) >= 11 is 6.55. The van der Waals surface area contributed by atoms with Crippen LogP contribution in [0.1, 0.15) is 39.7 Å². The molecule has 0 saturated carbocycles. The van der Waals surface area contributed by atoms with Gasteiger partial charge in [0.05, 0.1) is 17.8 Å². The highest BCUT2D eigenvalue weighted by atomic mass is 35.5. The molecule has 0 fully saturated rings. The molecule has 2 heterocycles. The molecule has 3 rings (SSSR count). The van der Waals surface area contributed by atoms with Gasteiger partial charge in [0.15, 0.2) is 5.82 Å². The Morgan fingerprint density at radius 2 is 2.20 bits per heavy atom. The minimum atomic E-state index is -0.612. The van der Waals surface area contributed by atoms with Crippen LogP contribution in [0, 0.1) is 5.92 Å². The SMILES string of the molecule is CCOC(=O)Nc1ncc2c(c1Cl)-c1ccc(OC[C@@](C)(N)CC(C)C)cc1CO2. The molecule has 162 valence electrons. The highest BCUT2D eigenvalue weighted by Crippen LogP contribution is 2.45. The number of nitrogens with two attached hydrogens (primary N) is 1. The predicted octanol–water partition coefficient (Wildman–Crippen LogP) is 5.01. The van der Waals surface area contributed by atoms with Crippen molar-refractivity contribution in [2.75, 3.05) is 18.5 Å². The van der Waals surface area contributed by atoms with Crippen molar-refractivity contribution in [3.8, 4) is 22.6 Å². The van der Waals surface area contributed by atoms with Crippen molar-refractivity contribution in [1.82, 2.24) is 4.98 Å². The van der Waals surface area contributed by atoms with Gasteiger partial charge < -0.3 is 19.9 Å². The van der Waals surface area contributed by atoms with Crippen molar-refractivity contribution in [2.24, 2.45) is 11.7 Å². The molecule has 1 aromatic heterocycles. The van der Waals surface area contributed by atoms with Crippen LogP contribution < -0.4 is 20.5 Å². The molecular weight excluding hydrogens is 406 g/mol. The van der Waals surface area contributed by atoms with Crippen LogP contribution in [0.4, 0.5) is 10.6 Å². The Morgan fingerprint density at radius 3 is 2.90 bits per heavy atom. The van der Waals surface area contributed by atoms with E-state index in [1.54, 1.807) is 13.1 Å². The van der Waals surface area contributed by atoms with Crippen molar-refractivity contribution in [3.63, 3.8) is 0 Å². The highest BCUT2D eigenvalue weighted by molar-refractivity contribution is 6.36. The van der Waals surface area contributed by atoms with E-state index >= 15 is 0 Å². The first-order valence-electron chi connectivity index (χ1n) is 10.00. The second-order valence-corrected chi connectivity index (χ2v) is 8.53. The number of rotatable bonds is 7. The third-order valence-corrected chi connectivity index (χ3v) is 5.02. The van der Waals surface area contributed by atoms with Gasteiger partial charge in [0, 0.05) is 16.7 Å². The monoisotopic (exact) mass is 433 g/mol. The Kier molecular flexibility index (Phi) is 6.73. The van der Waals surface area contributed by atoms with E-state index in [4.69, 9.17) is 31.5 Å². The summed E-state index contributed by atoms with van der Waals surface area (Å²) in [5, 5.41) is 2.85. The van der Waals surface area contributed by atoms with Gasteiger partial charge in [-0.05, 0) is 43.9 Å². The van der Waals surface area contributed by atoms with Gasteiger partial charge in [-0.2, -0.15) is 0 Å². The maximum atomic E-state index is 11.8. The number of fused-ring (bicyclic) bond motifs is 3. The molecule has 0 aliphatic carbocycles. The number of carbonyl (C=O) groups is 1. The number of nitrogens with zero attached hydrogens (tertiary/aromatic N) is 1. The first kappa shape index (κ1) is 22.2. The second-order valence-electron chi connectivity index (χ2n) is 8.15. The number of ether oxygens (including phenoxy) is 3. The summed E-state index contributed by atoms with van der Waals surface area (Å²) < 4.78 is 16.7. The standard InChI is InChI=1S/C22H28ClN3O4/c1-5-28-21(27)26-20-19(23)18-16-7-6-15(30-12-22(4,24)9-13(2)3)8-14(16)11-29-17(18)10-25-20/h6-8,10,13H,5,9,11-12,24H2,1-4H3,(H,25,26,27)/t22-/m0/s1. The zero-order valence-electron chi connectivity index (χ0n) is 17.8. The lowest BCUT2D eigenvalue weighted by atomic mass is 9.93. The second kappa shape index (κ2) is 9.10. The number of hydrogen-bond donors (Lipinski definition) is 2. The molecule has 1 atom stereocenters. The first-order chi connectivity index (χ1) is 14.2. The molecule has 0 saturated heterocycles. The molecule has 1 amide bonds. The van der Waals surface area contributed by atoms with Gasteiger partial charge in [0.2, 0.25) is 0 Å². The van der Waals surface area contributed by atoms with E-state index < -0.39 is 11.6 Å². The van der Waals surface area contributed by atoms with Crippen LogP contribution in [0.3, 0.4) is 0 Å². The molecule has 0 spiro atoms. The molecule has 1 aliphatic heterocycles. The Bertz CT molecular complexity index is 931. The van der Waals surface area contributed by atoms with E-state index in [0.717, 1.165) is 23.3 Å². The quantitative estimate of drug-likeness (QED) is 0.637. The lowest BCUT2D eigenvalue weighted by Crippen LogP contribution is -2.43. The number of anilines is 1. The van der Waals surface area contributed by atoms with Crippen LogP contribution in [-0.2, 0) is 11.3 Å². The lowest BCUT2D eigenvalue weighted by molar-refractivity contribution is 0.168. The fourth-order valence-corrected chi connectivity index (χ4v) is 3.89. The molecule has 0 radical (unpaired) electrons. The smallest absolute Gasteiger partial charge is 0.412 e. The first-order valence-corrected chi connectivity index (χ1v) is 10.4. The number of carbonyl (C=O) groups excluding carboxylic acids is 1. The Hall–Kier alpha value is -2.51. The lowest BCUT2D eigenvalue weighted by Gasteiger charge is -2.27. The van der Waals surface area contributed by atoms with Crippen molar-refractivity contribution < 1.29 is 19.0 Å². The molecule has 1 aliphatic rings. The normalized spacial score (nSPS) is 14.2. The van der Waals surface area contributed by atoms with Gasteiger partial charge in [0.25, 0.3) is 0 Å². The van der Waals surface area contributed by atoms with E-state index in [-0.39, 0.29) is 12.4 Å². The van der Waals surface area contributed by atoms with Gasteiger partial charge in [-0.1, -0.05) is 31.5 Å². The zero-order chi connectivity index (χ0) is 21.9. The molecule has 0 unspecified atom stereocenters. The predicted molar refractivity (Wildman–Crippen MR) is 117 cm³/mol. The highest BCUT2D eigenvalue weighted by Gasteiger charge is 2.25. The number of pyridine rings is 1. The van der Waals surface area contributed by atoms with Crippen LogP contribution >= 0.6 is 11.6 Å². The maximum Gasteiger partial charge on any atom is 0.412 e. The topological polar surface area (TPSA) is 95.7 Å². The van der Waals surface area contributed by atoms with E-state index in [0.29, 0.717) is 35.5 Å². The molecular formula is C22H28ClN3O4. The number of aromatic nitrogens is 1. The van der Waals surface area contributed by atoms with Crippen molar-refractivity contribution >= 4 is 23.5 Å². The van der Waals surface area contributed by atoms with Crippen molar-refractivity contribution in [2.45, 2.75) is 46.3 Å². The molecule has 7 nitrogen and oxygen atoms in total. The van der Waals surface area contributed by atoms with Crippen molar-refractivity contribution in [1.29, 1.82) is 0 Å². The average Bonchev–Trinajstić information content (AvgIpc) is 2.67.